The molecule has 0 unspecified atom stereocenters. The summed E-state index contributed by atoms with van der Waals surface area (Å²) < 4.78 is 0. The molecular formula is C24H17N7OS. The molecular weight excluding hydrogens is 434 g/mol. The monoisotopic (exact) mass is 451 g/mol. The number of aromatic amines is 2. The number of hydrogen-bond donors (Lipinski definition) is 3. The van der Waals surface area contributed by atoms with Crippen LogP contribution in [0, 0.1) is 0 Å². The second-order valence-electron chi connectivity index (χ2n) is 7.70. The molecule has 0 fully saturated rings. The van der Waals surface area contributed by atoms with E-state index in [1.165, 1.54) is 11.3 Å². The van der Waals surface area contributed by atoms with Crippen LogP contribution in [0.4, 0.5) is 5.69 Å². The zero-order chi connectivity index (χ0) is 22.5. The Kier molecular flexibility index (Phi) is 4.30. The molecule has 8 nitrogen and oxygen atoms in total. The van der Waals surface area contributed by atoms with E-state index >= 15 is 0 Å². The van der Waals surface area contributed by atoms with E-state index in [1.807, 2.05) is 42.5 Å². The Morgan fingerprint density at radius 2 is 2.00 bits per heavy atom. The van der Waals surface area contributed by atoms with Gasteiger partial charge in [-0.25, -0.2) is 9.97 Å². The first-order valence-corrected chi connectivity index (χ1v) is 11.0. The lowest BCUT2D eigenvalue weighted by Gasteiger charge is -2.02. The lowest BCUT2D eigenvalue weighted by molar-refractivity contribution is 0.102. The number of nitrogens with zero attached hydrogens (tertiary/aromatic N) is 4. The molecule has 6 rings (SSSR count). The third kappa shape index (κ3) is 3.26. The molecule has 4 N–H and O–H groups in total. The van der Waals surface area contributed by atoms with Crippen LogP contribution in [0.2, 0.25) is 0 Å². The third-order valence-electron chi connectivity index (χ3n) is 5.47. The molecule has 0 aliphatic heterocycles. The van der Waals surface area contributed by atoms with Gasteiger partial charge in [-0.05, 0) is 49.4 Å². The summed E-state index contributed by atoms with van der Waals surface area (Å²) in [6.07, 6.45) is 5.10. The largest absolute Gasteiger partial charge is 0.397 e. The first-order chi connectivity index (χ1) is 16.1. The Balaban J connectivity index is 1.48. The topological polar surface area (TPSA) is 126 Å². The molecule has 0 aliphatic rings. The van der Waals surface area contributed by atoms with Crippen molar-refractivity contribution in [2.24, 2.45) is 0 Å². The normalized spacial score (nSPS) is 11.4. The predicted octanol–water partition coefficient (Wildman–Crippen LogP) is 5.08. The molecule has 0 saturated heterocycles. The van der Waals surface area contributed by atoms with Crippen molar-refractivity contribution in [3.63, 3.8) is 0 Å². The van der Waals surface area contributed by atoms with Gasteiger partial charge in [-0.1, -0.05) is 0 Å². The summed E-state index contributed by atoms with van der Waals surface area (Å²) in [7, 11) is 0. The number of thiophene rings is 1. The highest BCUT2D eigenvalue weighted by Crippen LogP contribution is 2.36. The summed E-state index contributed by atoms with van der Waals surface area (Å²) in [5.74, 6) is 0.0616. The number of rotatable bonds is 4. The van der Waals surface area contributed by atoms with Gasteiger partial charge in [-0.2, -0.15) is 5.10 Å². The second-order valence-corrected chi connectivity index (χ2v) is 8.78. The number of aromatic nitrogens is 6. The fraction of sp³-hybridized carbons (Fsp3) is 0.0417. The summed E-state index contributed by atoms with van der Waals surface area (Å²) in [6, 6.07) is 13.5. The zero-order valence-electron chi connectivity index (χ0n) is 17.5. The molecule has 0 radical (unpaired) electrons. The van der Waals surface area contributed by atoms with Crippen LogP contribution in [-0.2, 0) is 0 Å². The first-order valence-electron chi connectivity index (χ1n) is 10.2. The van der Waals surface area contributed by atoms with E-state index in [2.05, 4.69) is 25.1 Å². The van der Waals surface area contributed by atoms with Crippen LogP contribution in [0.15, 0.2) is 61.1 Å². The van der Waals surface area contributed by atoms with Gasteiger partial charge in [-0.15, -0.1) is 11.3 Å². The average Bonchev–Trinajstić information content (AvgIpc) is 3.55. The van der Waals surface area contributed by atoms with Gasteiger partial charge in [0.15, 0.2) is 5.78 Å². The van der Waals surface area contributed by atoms with E-state index in [0.29, 0.717) is 11.4 Å². The van der Waals surface area contributed by atoms with Crippen LogP contribution in [-0.4, -0.2) is 35.9 Å². The molecule has 9 heteroatoms. The van der Waals surface area contributed by atoms with Gasteiger partial charge >= 0.3 is 0 Å². The lowest BCUT2D eigenvalue weighted by atomic mass is 10.1. The maximum absolute atomic E-state index is 11.7. The van der Waals surface area contributed by atoms with Crippen LogP contribution in [0.1, 0.15) is 16.6 Å². The molecule has 6 heterocycles. The van der Waals surface area contributed by atoms with Crippen LogP contribution >= 0.6 is 11.3 Å². The van der Waals surface area contributed by atoms with Crippen molar-refractivity contribution in [2.45, 2.75) is 6.92 Å². The number of pyridine rings is 3. The summed E-state index contributed by atoms with van der Waals surface area (Å²) in [4.78, 5) is 30.4. The maximum atomic E-state index is 11.7. The number of nitrogen functional groups attached to an aromatic ring is 1. The number of anilines is 1. The van der Waals surface area contributed by atoms with E-state index in [-0.39, 0.29) is 5.78 Å². The van der Waals surface area contributed by atoms with Crippen LogP contribution < -0.4 is 5.73 Å². The van der Waals surface area contributed by atoms with Gasteiger partial charge in [0.25, 0.3) is 0 Å². The van der Waals surface area contributed by atoms with Crippen molar-refractivity contribution in [1.82, 2.24) is 30.1 Å². The smallest absolute Gasteiger partial charge is 0.169 e. The molecule has 0 aliphatic carbocycles. The molecule has 33 heavy (non-hydrogen) atoms. The van der Waals surface area contributed by atoms with Gasteiger partial charge in [0, 0.05) is 40.0 Å². The number of ketones is 1. The molecule has 0 spiro atoms. The summed E-state index contributed by atoms with van der Waals surface area (Å²) in [6.45, 7) is 1.58. The second kappa shape index (κ2) is 7.35. The number of fused-ring (bicyclic) bond motifs is 2. The van der Waals surface area contributed by atoms with Crippen molar-refractivity contribution in [1.29, 1.82) is 0 Å². The van der Waals surface area contributed by atoms with Gasteiger partial charge in [0.1, 0.15) is 16.9 Å². The van der Waals surface area contributed by atoms with Gasteiger partial charge < -0.3 is 10.7 Å². The van der Waals surface area contributed by atoms with Crippen molar-refractivity contribution < 1.29 is 4.79 Å². The van der Waals surface area contributed by atoms with Crippen molar-refractivity contribution in [3.05, 3.63) is 65.9 Å². The van der Waals surface area contributed by atoms with E-state index in [0.717, 1.165) is 54.3 Å². The van der Waals surface area contributed by atoms with E-state index < -0.39 is 0 Å². The standard InChI is InChI=1S/C24H17N7OS/c1-12(32)20-4-5-21(33-20)15-6-7-27-24-16(15)9-19(29-24)23-22-18(30-31-23)3-2-17(28-22)13-8-14(25)11-26-10-13/h2-11H,25H2,1H3,(H,27,29)(H,30,31). The minimum Gasteiger partial charge on any atom is -0.397 e. The highest BCUT2D eigenvalue weighted by molar-refractivity contribution is 7.17. The zero-order valence-corrected chi connectivity index (χ0v) is 18.3. The highest BCUT2D eigenvalue weighted by atomic mass is 32.1. The molecule has 0 aromatic carbocycles. The number of hydrogen-bond acceptors (Lipinski definition) is 7. The summed E-state index contributed by atoms with van der Waals surface area (Å²) >= 11 is 1.48. The molecule has 6 aromatic rings. The van der Waals surface area contributed by atoms with Crippen molar-refractivity contribution >= 4 is 44.9 Å². The SMILES string of the molecule is CC(=O)c1ccc(-c2ccnc3[nH]c(-c4n[nH]c5ccc(-c6cncc(N)c6)nc45)cc23)s1. The molecule has 160 valence electrons. The number of carbonyl (C=O) groups is 1. The molecule has 0 atom stereocenters. The summed E-state index contributed by atoms with van der Waals surface area (Å²) in [5.41, 5.74) is 12.9. The van der Waals surface area contributed by atoms with Crippen LogP contribution in [0.5, 0.6) is 0 Å². The van der Waals surface area contributed by atoms with Crippen LogP contribution in [0.3, 0.4) is 0 Å². The molecule has 6 aromatic heterocycles. The predicted molar refractivity (Wildman–Crippen MR) is 130 cm³/mol. The number of nitrogens with one attached hydrogen (secondary N) is 2. The highest BCUT2D eigenvalue weighted by Gasteiger charge is 2.17. The number of carbonyl (C=O) groups excluding carboxylic acids is 1. The van der Waals surface area contributed by atoms with E-state index in [9.17, 15) is 4.79 Å². The summed E-state index contributed by atoms with van der Waals surface area (Å²) in [5, 5.41) is 8.52. The van der Waals surface area contributed by atoms with Gasteiger partial charge in [0.2, 0.25) is 0 Å². The minimum atomic E-state index is 0.0616. The molecule has 0 bridgehead atoms. The van der Waals surface area contributed by atoms with E-state index in [1.54, 1.807) is 25.5 Å². The Morgan fingerprint density at radius 1 is 1.09 bits per heavy atom. The Labute approximate surface area is 191 Å². The molecule has 0 saturated carbocycles. The van der Waals surface area contributed by atoms with E-state index in [4.69, 9.17) is 10.7 Å². The quantitative estimate of drug-likeness (QED) is 0.321. The average molecular weight is 452 g/mol. The minimum absolute atomic E-state index is 0.0616. The Bertz CT molecular complexity index is 1680. The van der Waals surface area contributed by atoms with Crippen molar-refractivity contribution in [3.8, 4) is 33.1 Å². The Morgan fingerprint density at radius 3 is 2.82 bits per heavy atom. The van der Waals surface area contributed by atoms with Gasteiger partial charge in [-0.3, -0.25) is 14.9 Å². The van der Waals surface area contributed by atoms with Gasteiger partial charge in [0.05, 0.1) is 27.5 Å². The van der Waals surface area contributed by atoms with Crippen LogP contribution in [0.25, 0.3) is 55.2 Å². The third-order valence-corrected chi connectivity index (χ3v) is 6.69. The Hall–Kier alpha value is -4.37. The maximum Gasteiger partial charge on any atom is 0.169 e. The molecule has 0 amide bonds. The number of Topliss-reactive ketones (excluding diaryl/α,β-unsaturated/α-hetero) is 1. The lowest BCUT2D eigenvalue weighted by Crippen LogP contribution is -1.90. The number of H-pyrrole nitrogens is 2. The number of nitrogens with two attached hydrogens (primary N) is 1. The van der Waals surface area contributed by atoms with Crippen molar-refractivity contribution in [2.75, 3.05) is 5.73 Å². The fourth-order valence-corrected chi connectivity index (χ4v) is 4.83. The fourth-order valence-electron chi connectivity index (χ4n) is 3.89. The first kappa shape index (κ1) is 19.3.